The van der Waals surface area contributed by atoms with E-state index in [1.54, 1.807) is 30.3 Å². The molecule has 18 heteroatoms. The summed E-state index contributed by atoms with van der Waals surface area (Å²) in [5, 5.41) is 30.7. The number of hydrogen-bond acceptors (Lipinski definition) is 10. The molecule has 59 heavy (non-hydrogen) atoms. The predicted octanol–water partition coefficient (Wildman–Crippen LogP) is 5.33. The number of carbonyl (C=O) groups is 4. The first kappa shape index (κ1) is 38.8. The lowest BCUT2D eigenvalue weighted by Crippen LogP contribution is -2.55. The predicted molar refractivity (Wildman–Crippen MR) is 207 cm³/mol. The lowest BCUT2D eigenvalue weighted by molar-refractivity contribution is -0.139. The summed E-state index contributed by atoms with van der Waals surface area (Å²) in [6.07, 6.45) is -0.851. The zero-order valence-corrected chi connectivity index (χ0v) is 31.9. The van der Waals surface area contributed by atoms with Crippen molar-refractivity contribution in [2.45, 2.75) is 30.9 Å². The van der Waals surface area contributed by atoms with E-state index < -0.39 is 88.3 Å². The molecule has 1 saturated carbocycles. The summed E-state index contributed by atoms with van der Waals surface area (Å²) in [6.45, 7) is 0. The van der Waals surface area contributed by atoms with Gasteiger partial charge in [0.1, 0.15) is 11.5 Å². The van der Waals surface area contributed by atoms with Crippen molar-refractivity contribution in [3.8, 4) is 11.5 Å². The molecular formula is C41H30BCl2F3N4O8. The van der Waals surface area contributed by atoms with Crippen molar-refractivity contribution in [1.82, 2.24) is 9.99 Å². The Hall–Kier alpha value is -5.68. The number of carbonyl (C=O) groups excluding carboxylic acids is 4. The average molecular weight is 845 g/mol. The number of hydrazine groups is 1. The van der Waals surface area contributed by atoms with Crippen LogP contribution in [-0.2, 0) is 37.2 Å². The third-order valence-electron chi connectivity index (χ3n) is 12.1. The fourth-order valence-electron chi connectivity index (χ4n) is 9.68. The zero-order chi connectivity index (χ0) is 41.7. The van der Waals surface area contributed by atoms with Crippen molar-refractivity contribution in [3.63, 3.8) is 0 Å². The average Bonchev–Trinajstić information content (AvgIpc) is 3.58. The van der Waals surface area contributed by atoms with Crippen molar-refractivity contribution in [2.75, 3.05) is 10.3 Å². The molecule has 4 heterocycles. The van der Waals surface area contributed by atoms with E-state index in [1.807, 2.05) is 6.08 Å². The maximum absolute atomic E-state index is 15.4. The fraction of sp³-hybridized carbons (Fsp3) is 0.244. The first-order valence-electron chi connectivity index (χ1n) is 18.4. The molecule has 2 saturated heterocycles. The quantitative estimate of drug-likeness (QED) is 0.113. The number of aromatic nitrogens is 1. The van der Waals surface area contributed by atoms with E-state index in [2.05, 4.69) is 10.4 Å². The van der Waals surface area contributed by atoms with Gasteiger partial charge in [-0.2, -0.15) is 18.2 Å². The summed E-state index contributed by atoms with van der Waals surface area (Å²) in [5.41, 5.74) is 1.89. The zero-order valence-electron chi connectivity index (χ0n) is 30.4. The van der Waals surface area contributed by atoms with E-state index in [4.69, 9.17) is 27.9 Å². The molecule has 3 aromatic carbocycles. The van der Waals surface area contributed by atoms with Crippen molar-refractivity contribution in [2.24, 2.45) is 29.6 Å². The van der Waals surface area contributed by atoms with Crippen LogP contribution < -0.4 is 20.5 Å². The largest absolute Gasteiger partial charge is 0.508 e. The first-order chi connectivity index (χ1) is 28.1. The first-order valence-corrected chi connectivity index (χ1v) is 19.2. The van der Waals surface area contributed by atoms with E-state index in [9.17, 15) is 42.7 Å². The summed E-state index contributed by atoms with van der Waals surface area (Å²) in [6, 6.07) is 17.3. The van der Waals surface area contributed by atoms with Crippen LogP contribution in [-0.4, -0.2) is 55.9 Å². The van der Waals surface area contributed by atoms with Gasteiger partial charge in [0.15, 0.2) is 5.82 Å². The Kier molecular flexibility index (Phi) is 9.19. The number of phenolic OH excluding ortho intramolecular Hbond substituents is 1. The number of imide groups is 2. The summed E-state index contributed by atoms with van der Waals surface area (Å²) < 4.78 is 46.7. The number of anilines is 2. The maximum atomic E-state index is 15.4. The standard InChI is InChI=1S/C41H30BCl2F3N4O8/c43-24-6-4-21(5-7-24)40-30(37(54)51(39(40)56)49-35-31(44)14-22(17-48-35)41(45,46)47)16-29-27(34(40)20-12-19-13-26(52)8-11-32(19)59-18-20)9-10-28-33(29)38(55)50(36(28)53)25-3-1-2-23(15-25)42(57)58/h1-9,11,13-15,17-18,28-30,33-34,52,57-58H,10,12,16H2,(H,48,49)/t28-,29+,30-,33-,34-,40+/m0/s1. The van der Waals surface area contributed by atoms with Gasteiger partial charge in [0.25, 0.3) is 11.8 Å². The van der Waals surface area contributed by atoms with Crippen LogP contribution >= 0.6 is 23.2 Å². The van der Waals surface area contributed by atoms with Crippen LogP contribution in [0, 0.1) is 29.6 Å². The van der Waals surface area contributed by atoms with Gasteiger partial charge in [-0.05, 0) is 83.9 Å². The molecule has 6 atom stereocenters. The Bertz CT molecular complexity index is 2550. The molecular weight excluding hydrogens is 815 g/mol. The van der Waals surface area contributed by atoms with Gasteiger partial charge in [-0.15, -0.1) is 0 Å². The van der Waals surface area contributed by atoms with Crippen LogP contribution in [0.2, 0.25) is 10.0 Å². The number of halogens is 5. The summed E-state index contributed by atoms with van der Waals surface area (Å²) in [7, 11) is -1.87. The normalized spacial score (nSPS) is 26.1. The molecule has 3 aliphatic heterocycles. The third kappa shape index (κ3) is 6.02. The molecule has 4 N–H and O–H groups in total. The fourth-order valence-corrected chi connectivity index (χ4v) is 10.0. The molecule has 3 fully saturated rings. The molecule has 5 aliphatic rings. The third-order valence-corrected chi connectivity index (χ3v) is 12.7. The second-order valence-corrected chi connectivity index (χ2v) is 16.0. The van der Waals surface area contributed by atoms with Gasteiger partial charge >= 0.3 is 13.3 Å². The molecule has 1 aromatic heterocycles. The number of fused-ring (bicyclic) bond motifs is 5. The van der Waals surface area contributed by atoms with Gasteiger partial charge < -0.3 is 19.9 Å². The smallest absolute Gasteiger partial charge is 0.488 e. The summed E-state index contributed by atoms with van der Waals surface area (Å²) in [4.78, 5) is 64.0. The number of benzene rings is 3. The topological polar surface area (TPSA) is 170 Å². The van der Waals surface area contributed by atoms with Crippen LogP contribution in [0.3, 0.4) is 0 Å². The molecule has 0 spiro atoms. The highest BCUT2D eigenvalue weighted by Crippen LogP contribution is 2.63. The number of aromatic hydroxyl groups is 1. The van der Waals surface area contributed by atoms with Crippen LogP contribution in [0.5, 0.6) is 11.5 Å². The summed E-state index contributed by atoms with van der Waals surface area (Å²) >= 11 is 12.6. The Morgan fingerprint density at radius 2 is 1.69 bits per heavy atom. The molecule has 4 amide bonds. The Labute approximate surface area is 343 Å². The van der Waals surface area contributed by atoms with E-state index in [0.717, 1.165) is 4.90 Å². The van der Waals surface area contributed by atoms with Gasteiger partial charge in [-0.1, -0.05) is 59.1 Å². The van der Waals surface area contributed by atoms with Crippen molar-refractivity contribution in [3.05, 3.63) is 129 Å². The molecule has 9 rings (SSSR count). The molecule has 0 radical (unpaired) electrons. The van der Waals surface area contributed by atoms with E-state index in [1.165, 1.54) is 42.7 Å². The highest BCUT2D eigenvalue weighted by Gasteiger charge is 2.71. The monoisotopic (exact) mass is 844 g/mol. The number of nitrogens with zero attached hydrogens (tertiary/aromatic N) is 3. The highest BCUT2D eigenvalue weighted by molar-refractivity contribution is 6.58. The number of nitrogens with one attached hydrogen (secondary N) is 1. The van der Waals surface area contributed by atoms with Gasteiger partial charge in [0, 0.05) is 29.1 Å². The molecule has 0 unspecified atom stereocenters. The van der Waals surface area contributed by atoms with Gasteiger partial charge in [-0.25, -0.2) is 4.98 Å². The summed E-state index contributed by atoms with van der Waals surface area (Å²) in [5.74, 6) is -7.62. The van der Waals surface area contributed by atoms with E-state index >= 15 is 4.79 Å². The number of rotatable bonds is 6. The van der Waals surface area contributed by atoms with Crippen molar-refractivity contribution < 1.29 is 52.2 Å². The number of hydrogen-bond donors (Lipinski definition) is 4. The van der Waals surface area contributed by atoms with Crippen LogP contribution in [0.4, 0.5) is 24.7 Å². The number of ether oxygens (including phenoxy) is 1. The Morgan fingerprint density at radius 3 is 2.41 bits per heavy atom. The number of pyridine rings is 1. The molecule has 0 bridgehead atoms. The van der Waals surface area contributed by atoms with E-state index in [0.29, 0.717) is 50.3 Å². The van der Waals surface area contributed by atoms with Crippen LogP contribution in [0.15, 0.2) is 102 Å². The van der Waals surface area contributed by atoms with Gasteiger partial charge in [-0.3, -0.25) is 29.5 Å². The minimum atomic E-state index is -4.78. The second kappa shape index (κ2) is 14.0. The minimum absolute atomic E-state index is 0.0449. The maximum Gasteiger partial charge on any atom is 0.488 e. The molecule has 12 nitrogen and oxygen atoms in total. The number of amides is 4. The van der Waals surface area contributed by atoms with Gasteiger partial charge in [0.05, 0.1) is 45.7 Å². The van der Waals surface area contributed by atoms with Crippen LogP contribution in [0.1, 0.15) is 29.5 Å². The molecule has 2 aliphatic carbocycles. The Balaban J connectivity index is 1.21. The van der Waals surface area contributed by atoms with E-state index in [-0.39, 0.29) is 36.2 Å². The lowest BCUT2D eigenvalue weighted by atomic mass is 9.48. The SMILES string of the molecule is O=C1[C@@H]2C[C@@H]3C(=CC[C@@H]4C(=O)N(c5cccc(B(O)O)c5)C(=O)[C@@H]43)[C@H](C3=COc4ccc(O)cc4C3)[C@]2(c2ccc(Cl)cc2)C(=O)N1Nc1ncc(C(F)(F)F)cc1Cl. The van der Waals surface area contributed by atoms with Crippen molar-refractivity contribution >= 4 is 70.9 Å². The minimum Gasteiger partial charge on any atom is -0.508 e. The lowest BCUT2D eigenvalue weighted by Gasteiger charge is -2.51. The van der Waals surface area contributed by atoms with Crippen molar-refractivity contribution in [1.29, 1.82) is 0 Å². The molecule has 4 aromatic rings. The molecule has 300 valence electrons. The number of allylic oxidation sites excluding steroid dienone is 3. The highest BCUT2D eigenvalue weighted by atomic mass is 35.5. The Morgan fingerprint density at radius 1 is 0.932 bits per heavy atom. The number of phenols is 1. The number of alkyl halides is 3. The second-order valence-electron chi connectivity index (χ2n) is 15.2. The van der Waals surface area contributed by atoms with Gasteiger partial charge in [0.2, 0.25) is 11.8 Å². The van der Waals surface area contributed by atoms with Crippen LogP contribution in [0.25, 0.3) is 0 Å².